The Hall–Kier alpha value is -2.54. The van der Waals surface area contributed by atoms with E-state index in [2.05, 4.69) is 28.3 Å². The molecular weight excluding hydrogens is 414 g/mol. The summed E-state index contributed by atoms with van der Waals surface area (Å²) >= 11 is 4.11. The largest absolute Gasteiger partial charge is 0.480 e. The Morgan fingerprint density at radius 3 is 2.43 bits per heavy atom. The van der Waals surface area contributed by atoms with E-state index < -0.39 is 47.9 Å². The number of nitrogens with zero attached hydrogens (tertiary/aromatic N) is 2. The summed E-state index contributed by atoms with van der Waals surface area (Å²) in [5, 5.41) is 14.4. The first kappa shape index (κ1) is 25.5. The summed E-state index contributed by atoms with van der Waals surface area (Å²) < 4.78 is 0. The zero-order chi connectivity index (χ0) is 22.8. The van der Waals surface area contributed by atoms with Crippen LogP contribution < -0.4 is 27.8 Å². The van der Waals surface area contributed by atoms with E-state index in [9.17, 15) is 24.3 Å². The van der Waals surface area contributed by atoms with Crippen molar-refractivity contribution in [2.45, 2.75) is 56.8 Å². The van der Waals surface area contributed by atoms with Crippen molar-refractivity contribution in [2.75, 3.05) is 18.8 Å². The van der Waals surface area contributed by atoms with Crippen molar-refractivity contribution in [3.8, 4) is 0 Å². The zero-order valence-electron chi connectivity index (χ0n) is 16.9. The van der Waals surface area contributed by atoms with Crippen LogP contribution in [0.3, 0.4) is 0 Å². The van der Waals surface area contributed by atoms with Crippen LogP contribution in [0.25, 0.3) is 0 Å². The maximum Gasteiger partial charge on any atom is 0.326 e. The van der Waals surface area contributed by atoms with E-state index in [4.69, 9.17) is 17.2 Å². The topological polar surface area (TPSA) is 206 Å². The highest BCUT2D eigenvalue weighted by molar-refractivity contribution is 7.80. The van der Waals surface area contributed by atoms with E-state index in [1.165, 1.54) is 11.8 Å². The molecule has 170 valence electrons. The summed E-state index contributed by atoms with van der Waals surface area (Å²) in [6.45, 7) is 2.04. The molecule has 3 amide bonds. The smallest absolute Gasteiger partial charge is 0.326 e. The standard InChI is InChI=1S/C17H31N7O5S/c1-9(18)13(25)23-11(8-30)15(27)24-7-3-5-12(24)14(26)22-10(16(28)29)4-2-6-21-17(19)20/h9-12,30H,2-8,18H2,1H3,(H,22,26)(H,23,25)(H,28,29)(H4,19,20,21). The second-order valence-corrected chi connectivity index (χ2v) is 7.44. The fourth-order valence-corrected chi connectivity index (χ4v) is 3.27. The first-order chi connectivity index (χ1) is 14.1. The van der Waals surface area contributed by atoms with Crippen LogP contribution in [0.5, 0.6) is 0 Å². The van der Waals surface area contributed by atoms with Crippen molar-refractivity contribution in [2.24, 2.45) is 22.2 Å². The molecule has 1 rings (SSSR count). The first-order valence-corrected chi connectivity index (χ1v) is 10.3. The van der Waals surface area contributed by atoms with Crippen LogP contribution in [0.4, 0.5) is 0 Å². The number of likely N-dealkylation sites (tertiary alicyclic amines) is 1. The zero-order valence-corrected chi connectivity index (χ0v) is 17.8. The lowest BCUT2D eigenvalue weighted by molar-refractivity contribution is -0.144. The average Bonchev–Trinajstić information content (AvgIpc) is 3.16. The molecule has 1 fully saturated rings. The Kier molecular flexibility index (Phi) is 10.4. The SMILES string of the molecule is CC(N)C(=O)NC(CS)C(=O)N1CCCC1C(=O)NC(CCCN=C(N)N)C(=O)O. The number of carboxylic acids is 1. The molecule has 0 aromatic heterocycles. The van der Waals surface area contributed by atoms with Gasteiger partial charge in [-0.1, -0.05) is 0 Å². The van der Waals surface area contributed by atoms with Crippen molar-refractivity contribution < 1.29 is 24.3 Å². The molecule has 0 spiro atoms. The van der Waals surface area contributed by atoms with E-state index in [1.54, 1.807) is 0 Å². The van der Waals surface area contributed by atoms with Crippen LogP contribution in [-0.4, -0.2) is 82.7 Å². The quantitative estimate of drug-likeness (QED) is 0.0772. The van der Waals surface area contributed by atoms with Crippen molar-refractivity contribution in [1.29, 1.82) is 0 Å². The van der Waals surface area contributed by atoms with Crippen molar-refractivity contribution in [3.05, 3.63) is 0 Å². The molecule has 4 atom stereocenters. The average molecular weight is 446 g/mol. The Morgan fingerprint density at radius 1 is 1.23 bits per heavy atom. The number of carbonyl (C=O) groups excluding carboxylic acids is 3. The molecule has 0 radical (unpaired) electrons. The number of nitrogens with one attached hydrogen (secondary N) is 2. The van der Waals surface area contributed by atoms with Crippen molar-refractivity contribution in [3.63, 3.8) is 0 Å². The number of hydrogen-bond acceptors (Lipinski definition) is 7. The second kappa shape index (κ2) is 12.2. The van der Waals surface area contributed by atoms with Gasteiger partial charge < -0.3 is 37.8 Å². The molecule has 1 saturated heterocycles. The summed E-state index contributed by atoms with van der Waals surface area (Å²) in [7, 11) is 0. The molecule has 1 aliphatic heterocycles. The molecule has 0 aliphatic carbocycles. The summed E-state index contributed by atoms with van der Waals surface area (Å²) in [5.74, 6) is -2.79. The highest BCUT2D eigenvalue weighted by Crippen LogP contribution is 2.19. The third-order valence-electron chi connectivity index (χ3n) is 4.61. The predicted molar refractivity (Wildman–Crippen MR) is 114 cm³/mol. The number of carboxylic acid groups (broad SMARTS) is 1. The van der Waals surface area contributed by atoms with Crippen LogP contribution in [0.2, 0.25) is 0 Å². The number of carbonyl (C=O) groups is 4. The fourth-order valence-electron chi connectivity index (χ4n) is 3.02. The monoisotopic (exact) mass is 445 g/mol. The fraction of sp³-hybridized carbons (Fsp3) is 0.706. The lowest BCUT2D eigenvalue weighted by atomic mass is 10.1. The Labute approximate surface area is 180 Å². The number of nitrogens with two attached hydrogens (primary N) is 3. The van der Waals surface area contributed by atoms with Gasteiger partial charge in [-0.05, 0) is 32.6 Å². The van der Waals surface area contributed by atoms with Crippen LogP contribution in [0.1, 0.15) is 32.6 Å². The third-order valence-corrected chi connectivity index (χ3v) is 4.97. The van der Waals surface area contributed by atoms with Crippen LogP contribution in [-0.2, 0) is 19.2 Å². The highest BCUT2D eigenvalue weighted by Gasteiger charge is 2.38. The lowest BCUT2D eigenvalue weighted by Crippen LogP contribution is -2.57. The van der Waals surface area contributed by atoms with Gasteiger partial charge in [-0.2, -0.15) is 12.6 Å². The number of guanidine groups is 1. The van der Waals surface area contributed by atoms with Crippen LogP contribution in [0, 0.1) is 0 Å². The maximum absolute atomic E-state index is 12.8. The maximum atomic E-state index is 12.8. The minimum Gasteiger partial charge on any atom is -0.480 e. The van der Waals surface area contributed by atoms with E-state index in [0.717, 1.165) is 0 Å². The first-order valence-electron chi connectivity index (χ1n) is 9.64. The molecule has 4 unspecified atom stereocenters. The molecule has 0 bridgehead atoms. The molecule has 13 heteroatoms. The van der Waals surface area contributed by atoms with E-state index >= 15 is 0 Å². The van der Waals surface area contributed by atoms with Gasteiger partial charge in [0.2, 0.25) is 17.7 Å². The number of aliphatic imine (C=N–C) groups is 1. The van der Waals surface area contributed by atoms with E-state index in [-0.39, 0.29) is 24.7 Å². The molecule has 0 aromatic rings. The molecule has 12 nitrogen and oxygen atoms in total. The van der Waals surface area contributed by atoms with Gasteiger partial charge in [-0.15, -0.1) is 0 Å². The van der Waals surface area contributed by atoms with Crippen LogP contribution >= 0.6 is 12.6 Å². The van der Waals surface area contributed by atoms with Gasteiger partial charge in [0.05, 0.1) is 6.04 Å². The molecule has 30 heavy (non-hydrogen) atoms. The predicted octanol–water partition coefficient (Wildman–Crippen LogP) is -2.64. The Bertz CT molecular complexity index is 669. The van der Waals surface area contributed by atoms with Crippen LogP contribution in [0.15, 0.2) is 4.99 Å². The summed E-state index contributed by atoms with van der Waals surface area (Å²) in [6.07, 6.45) is 1.45. The lowest BCUT2D eigenvalue weighted by Gasteiger charge is -2.29. The normalized spacial score (nSPS) is 18.8. The van der Waals surface area contributed by atoms with E-state index in [0.29, 0.717) is 25.8 Å². The minimum atomic E-state index is -1.19. The Morgan fingerprint density at radius 2 is 1.90 bits per heavy atom. The van der Waals surface area contributed by atoms with Crippen molar-refractivity contribution >= 4 is 42.3 Å². The Balaban J connectivity index is 2.76. The van der Waals surface area contributed by atoms with Gasteiger partial charge >= 0.3 is 5.97 Å². The molecule has 0 aromatic carbocycles. The molecule has 1 aliphatic rings. The van der Waals surface area contributed by atoms with Gasteiger partial charge in [0.15, 0.2) is 5.96 Å². The highest BCUT2D eigenvalue weighted by atomic mass is 32.1. The van der Waals surface area contributed by atoms with Crippen molar-refractivity contribution in [1.82, 2.24) is 15.5 Å². The molecule has 1 heterocycles. The third kappa shape index (κ3) is 7.71. The minimum absolute atomic E-state index is 0.0324. The summed E-state index contributed by atoms with van der Waals surface area (Å²) in [4.78, 5) is 54.0. The summed E-state index contributed by atoms with van der Waals surface area (Å²) in [6, 6.07) is -3.70. The van der Waals surface area contributed by atoms with Gasteiger partial charge in [0, 0.05) is 18.8 Å². The van der Waals surface area contributed by atoms with Gasteiger partial charge in [-0.3, -0.25) is 19.4 Å². The molecular formula is C17H31N7O5S. The second-order valence-electron chi connectivity index (χ2n) is 7.07. The summed E-state index contributed by atoms with van der Waals surface area (Å²) in [5.41, 5.74) is 16.0. The van der Waals surface area contributed by atoms with Gasteiger partial charge in [0.1, 0.15) is 18.1 Å². The number of thiol groups is 1. The van der Waals surface area contributed by atoms with Gasteiger partial charge in [-0.25, -0.2) is 4.79 Å². The van der Waals surface area contributed by atoms with Gasteiger partial charge in [0.25, 0.3) is 0 Å². The number of hydrogen-bond donors (Lipinski definition) is 7. The number of rotatable bonds is 11. The molecule has 9 N–H and O–H groups in total. The van der Waals surface area contributed by atoms with E-state index in [1.807, 2.05) is 0 Å². The molecule has 0 saturated carbocycles. The number of amides is 3. The number of aliphatic carboxylic acids is 1.